The fourth-order valence-corrected chi connectivity index (χ4v) is 1.98. The van der Waals surface area contributed by atoms with E-state index in [9.17, 15) is 4.79 Å². The first kappa shape index (κ1) is 14.2. The third kappa shape index (κ3) is 4.90. The van der Waals surface area contributed by atoms with Crippen LogP contribution in [0.25, 0.3) is 0 Å². The number of likely N-dealkylation sites (tertiary alicyclic amines) is 1. The van der Waals surface area contributed by atoms with Crippen molar-refractivity contribution in [2.45, 2.75) is 59.1 Å². The van der Waals surface area contributed by atoms with E-state index in [0.717, 1.165) is 25.9 Å². The summed E-state index contributed by atoms with van der Waals surface area (Å²) in [4.78, 5) is 14.2. The number of allylic oxidation sites excluding steroid dienone is 1. The van der Waals surface area contributed by atoms with Crippen molar-refractivity contribution in [3.05, 3.63) is 11.6 Å². The molecule has 1 atom stereocenters. The Bertz CT molecular complexity index is 298. The van der Waals surface area contributed by atoms with Crippen LogP contribution in [0.1, 0.15) is 47.5 Å². The standard InChI is InChI=1S/C14H25NO2/c1-11(2)8-10-15-9-6-7-12(15)13(16)17-14(3,4)5/h8,12H,6-7,9-10H2,1-5H3/t12-/m0/s1. The van der Waals surface area contributed by atoms with Crippen molar-refractivity contribution in [1.29, 1.82) is 0 Å². The van der Waals surface area contributed by atoms with Gasteiger partial charge in [-0.2, -0.15) is 0 Å². The number of esters is 1. The van der Waals surface area contributed by atoms with E-state index in [-0.39, 0.29) is 17.6 Å². The van der Waals surface area contributed by atoms with Crippen molar-refractivity contribution < 1.29 is 9.53 Å². The molecule has 3 nitrogen and oxygen atoms in total. The van der Waals surface area contributed by atoms with Gasteiger partial charge in [-0.15, -0.1) is 0 Å². The van der Waals surface area contributed by atoms with Gasteiger partial charge in [-0.05, 0) is 54.0 Å². The second kappa shape index (κ2) is 5.67. The number of carbonyl (C=O) groups is 1. The van der Waals surface area contributed by atoms with Gasteiger partial charge < -0.3 is 4.74 Å². The van der Waals surface area contributed by atoms with Gasteiger partial charge in [-0.3, -0.25) is 9.69 Å². The summed E-state index contributed by atoms with van der Waals surface area (Å²) in [6.07, 6.45) is 4.18. The van der Waals surface area contributed by atoms with Crippen LogP contribution < -0.4 is 0 Å². The maximum Gasteiger partial charge on any atom is 0.323 e. The SMILES string of the molecule is CC(C)=CCN1CCC[C@H]1C(=O)OC(C)(C)C. The summed E-state index contributed by atoms with van der Waals surface area (Å²) in [6.45, 7) is 11.8. The third-order valence-corrected chi connectivity index (χ3v) is 2.78. The minimum atomic E-state index is -0.387. The Morgan fingerprint density at radius 1 is 1.41 bits per heavy atom. The predicted molar refractivity (Wildman–Crippen MR) is 69.9 cm³/mol. The molecule has 0 N–H and O–H groups in total. The van der Waals surface area contributed by atoms with Crippen molar-refractivity contribution in [2.75, 3.05) is 13.1 Å². The molecule has 1 rings (SSSR count). The van der Waals surface area contributed by atoms with Crippen LogP contribution >= 0.6 is 0 Å². The van der Waals surface area contributed by atoms with E-state index in [4.69, 9.17) is 4.74 Å². The first-order chi connectivity index (χ1) is 7.79. The molecule has 0 saturated carbocycles. The highest BCUT2D eigenvalue weighted by Crippen LogP contribution is 2.21. The van der Waals surface area contributed by atoms with Crippen LogP contribution in [0, 0.1) is 0 Å². The minimum absolute atomic E-state index is 0.0511. The maximum atomic E-state index is 12.0. The number of carbonyl (C=O) groups excluding carboxylic acids is 1. The smallest absolute Gasteiger partial charge is 0.323 e. The predicted octanol–water partition coefficient (Wildman–Crippen LogP) is 2.76. The monoisotopic (exact) mass is 239 g/mol. The zero-order valence-corrected chi connectivity index (χ0v) is 11.7. The molecule has 0 spiro atoms. The van der Waals surface area contributed by atoms with Crippen molar-refractivity contribution in [3.8, 4) is 0 Å². The fraction of sp³-hybridized carbons (Fsp3) is 0.786. The lowest BCUT2D eigenvalue weighted by atomic mass is 10.1. The summed E-state index contributed by atoms with van der Waals surface area (Å²) < 4.78 is 5.46. The zero-order valence-electron chi connectivity index (χ0n) is 11.7. The van der Waals surface area contributed by atoms with Crippen LogP contribution in [0.2, 0.25) is 0 Å². The lowest BCUT2D eigenvalue weighted by Crippen LogP contribution is -2.40. The molecule has 0 unspecified atom stereocenters. The first-order valence-electron chi connectivity index (χ1n) is 6.40. The van der Waals surface area contributed by atoms with E-state index in [0.29, 0.717) is 0 Å². The Kier molecular flexibility index (Phi) is 4.75. The van der Waals surface area contributed by atoms with Crippen LogP contribution in [0.3, 0.4) is 0 Å². The molecule has 0 aromatic carbocycles. The van der Waals surface area contributed by atoms with E-state index in [1.54, 1.807) is 0 Å². The Morgan fingerprint density at radius 3 is 2.59 bits per heavy atom. The normalized spacial score (nSPS) is 21.4. The molecule has 0 aromatic heterocycles. The fourth-order valence-electron chi connectivity index (χ4n) is 1.98. The first-order valence-corrected chi connectivity index (χ1v) is 6.40. The number of hydrogen-bond donors (Lipinski definition) is 0. The van der Waals surface area contributed by atoms with Crippen LogP contribution in [0.15, 0.2) is 11.6 Å². The van der Waals surface area contributed by atoms with Gasteiger partial charge in [-0.1, -0.05) is 11.6 Å². The molecular formula is C14H25NO2. The largest absolute Gasteiger partial charge is 0.459 e. The van der Waals surface area contributed by atoms with E-state index in [1.807, 2.05) is 20.8 Å². The Morgan fingerprint density at radius 2 is 2.06 bits per heavy atom. The van der Waals surface area contributed by atoms with Gasteiger partial charge >= 0.3 is 5.97 Å². The molecular weight excluding hydrogens is 214 g/mol. The summed E-state index contributed by atoms with van der Waals surface area (Å²) in [5, 5.41) is 0. The lowest BCUT2D eigenvalue weighted by Gasteiger charge is -2.26. The summed E-state index contributed by atoms with van der Waals surface area (Å²) in [5.74, 6) is -0.0721. The van der Waals surface area contributed by atoms with Crippen molar-refractivity contribution >= 4 is 5.97 Å². The van der Waals surface area contributed by atoms with Crippen molar-refractivity contribution in [3.63, 3.8) is 0 Å². The van der Waals surface area contributed by atoms with Crippen molar-refractivity contribution in [2.24, 2.45) is 0 Å². The van der Waals surface area contributed by atoms with Crippen LogP contribution in [-0.4, -0.2) is 35.6 Å². The molecule has 3 heteroatoms. The van der Waals surface area contributed by atoms with Crippen molar-refractivity contribution in [1.82, 2.24) is 4.90 Å². The Labute approximate surface area is 105 Å². The number of hydrogen-bond acceptors (Lipinski definition) is 3. The average Bonchev–Trinajstić information content (AvgIpc) is 2.59. The van der Waals surface area contributed by atoms with Crippen LogP contribution in [0.5, 0.6) is 0 Å². The second-order valence-corrected chi connectivity index (χ2v) is 5.97. The Hall–Kier alpha value is -0.830. The van der Waals surface area contributed by atoms with E-state index < -0.39 is 0 Å². The van der Waals surface area contributed by atoms with Gasteiger partial charge in [0.25, 0.3) is 0 Å². The lowest BCUT2D eigenvalue weighted by molar-refractivity contribution is -0.160. The highest BCUT2D eigenvalue weighted by molar-refractivity contribution is 5.76. The third-order valence-electron chi connectivity index (χ3n) is 2.78. The molecule has 1 fully saturated rings. The molecule has 1 saturated heterocycles. The molecule has 1 aliphatic rings. The molecule has 1 aliphatic heterocycles. The van der Waals surface area contributed by atoms with Gasteiger partial charge in [0.1, 0.15) is 11.6 Å². The summed E-state index contributed by atoms with van der Waals surface area (Å²) >= 11 is 0. The van der Waals surface area contributed by atoms with Gasteiger partial charge in [-0.25, -0.2) is 0 Å². The molecule has 1 heterocycles. The Balaban J connectivity index is 2.57. The molecule has 0 radical (unpaired) electrons. The molecule has 17 heavy (non-hydrogen) atoms. The van der Waals surface area contributed by atoms with Gasteiger partial charge in [0.2, 0.25) is 0 Å². The van der Waals surface area contributed by atoms with Crippen LogP contribution in [0.4, 0.5) is 0 Å². The number of ether oxygens (including phenoxy) is 1. The quantitative estimate of drug-likeness (QED) is 0.560. The summed E-state index contributed by atoms with van der Waals surface area (Å²) in [7, 11) is 0. The maximum absolute atomic E-state index is 12.0. The average molecular weight is 239 g/mol. The molecule has 0 amide bonds. The summed E-state index contributed by atoms with van der Waals surface area (Å²) in [5.41, 5.74) is 0.904. The summed E-state index contributed by atoms with van der Waals surface area (Å²) in [6, 6.07) is -0.0511. The number of nitrogens with zero attached hydrogens (tertiary/aromatic N) is 1. The highest BCUT2D eigenvalue weighted by Gasteiger charge is 2.33. The topological polar surface area (TPSA) is 29.5 Å². The highest BCUT2D eigenvalue weighted by atomic mass is 16.6. The zero-order chi connectivity index (χ0) is 13.1. The second-order valence-electron chi connectivity index (χ2n) is 5.97. The van der Waals surface area contributed by atoms with E-state index >= 15 is 0 Å². The molecule has 98 valence electrons. The van der Waals surface area contributed by atoms with Gasteiger partial charge in [0.05, 0.1) is 0 Å². The number of rotatable bonds is 3. The van der Waals surface area contributed by atoms with Gasteiger partial charge in [0, 0.05) is 6.54 Å². The van der Waals surface area contributed by atoms with E-state index in [2.05, 4.69) is 24.8 Å². The molecule has 0 bridgehead atoms. The molecule has 0 aromatic rings. The molecule has 0 aliphatic carbocycles. The van der Waals surface area contributed by atoms with E-state index in [1.165, 1.54) is 5.57 Å². The van der Waals surface area contributed by atoms with Crippen LogP contribution in [-0.2, 0) is 9.53 Å². The minimum Gasteiger partial charge on any atom is -0.459 e. The van der Waals surface area contributed by atoms with Gasteiger partial charge in [0.15, 0.2) is 0 Å².